The van der Waals surface area contributed by atoms with Gasteiger partial charge in [0.05, 0.1) is 11.6 Å². The van der Waals surface area contributed by atoms with Crippen LogP contribution in [0.15, 0.2) is 22.6 Å². The number of furan rings is 1. The first-order valence-corrected chi connectivity index (χ1v) is 9.33. The highest BCUT2D eigenvalue weighted by molar-refractivity contribution is 5.95. The second kappa shape index (κ2) is 5.80. The molecule has 140 valence electrons. The van der Waals surface area contributed by atoms with E-state index in [9.17, 15) is 4.79 Å². The van der Waals surface area contributed by atoms with Gasteiger partial charge in [-0.15, -0.1) is 15.3 Å². The van der Waals surface area contributed by atoms with E-state index in [0.29, 0.717) is 17.2 Å². The molecule has 8 nitrogen and oxygen atoms in total. The molecule has 0 bridgehead atoms. The van der Waals surface area contributed by atoms with Gasteiger partial charge in [0.15, 0.2) is 11.5 Å². The zero-order valence-corrected chi connectivity index (χ0v) is 15.7. The topological polar surface area (TPSA) is 79.8 Å². The Hall–Kier alpha value is -2.90. The maximum atomic E-state index is 12.7. The molecule has 27 heavy (non-hydrogen) atoms. The van der Waals surface area contributed by atoms with Gasteiger partial charge in [0, 0.05) is 26.1 Å². The van der Waals surface area contributed by atoms with Crippen molar-refractivity contribution in [2.24, 2.45) is 0 Å². The minimum absolute atomic E-state index is 0.00670. The van der Waals surface area contributed by atoms with E-state index in [1.807, 2.05) is 43.6 Å². The summed E-state index contributed by atoms with van der Waals surface area (Å²) in [7, 11) is 1.85. The van der Waals surface area contributed by atoms with Gasteiger partial charge >= 0.3 is 0 Å². The maximum absolute atomic E-state index is 12.7. The van der Waals surface area contributed by atoms with Crippen molar-refractivity contribution in [3.8, 4) is 0 Å². The highest BCUT2D eigenvalue weighted by Gasteiger charge is 2.35. The summed E-state index contributed by atoms with van der Waals surface area (Å²) in [6.07, 6.45) is 2.33. The van der Waals surface area contributed by atoms with E-state index < -0.39 is 0 Å². The van der Waals surface area contributed by atoms with Gasteiger partial charge in [-0.2, -0.15) is 4.52 Å². The molecule has 5 rings (SSSR count). The molecule has 0 N–H and O–H groups in total. The Bertz CT molecular complexity index is 1030. The molecule has 3 aromatic heterocycles. The number of aryl methyl sites for hydroxylation is 2. The number of rotatable bonds is 4. The number of aromatic nitrogens is 4. The van der Waals surface area contributed by atoms with Crippen LogP contribution in [0.4, 0.5) is 5.82 Å². The molecule has 2 fully saturated rings. The molecular weight excluding hydrogens is 344 g/mol. The zero-order valence-electron chi connectivity index (χ0n) is 15.7. The highest BCUT2D eigenvalue weighted by Crippen LogP contribution is 2.38. The maximum Gasteiger partial charge on any atom is 0.257 e. The fourth-order valence-electron chi connectivity index (χ4n) is 3.65. The third-order valence-corrected chi connectivity index (χ3v) is 5.54. The van der Waals surface area contributed by atoms with Crippen LogP contribution in [0, 0.1) is 13.8 Å². The van der Waals surface area contributed by atoms with Crippen molar-refractivity contribution >= 4 is 17.4 Å². The standard InChI is InChI=1S/C19H22N6O2/c1-11-8-15(12(2)27-11)19(26)23(3)14-9-24(10-14)17-7-6-16-20-21-18(13-4-5-13)25(16)22-17/h6-8,13-14H,4-5,9-10H2,1-3H3. The molecule has 4 heterocycles. The summed E-state index contributed by atoms with van der Waals surface area (Å²) in [6.45, 7) is 5.21. The number of carbonyl (C=O) groups is 1. The Morgan fingerprint density at radius 2 is 2.00 bits per heavy atom. The van der Waals surface area contributed by atoms with Gasteiger partial charge in [0.25, 0.3) is 5.91 Å². The van der Waals surface area contributed by atoms with Gasteiger partial charge in [-0.1, -0.05) is 0 Å². The van der Waals surface area contributed by atoms with E-state index in [0.717, 1.165) is 49.0 Å². The van der Waals surface area contributed by atoms with E-state index in [2.05, 4.69) is 15.1 Å². The first-order valence-electron chi connectivity index (χ1n) is 9.33. The number of nitrogens with zero attached hydrogens (tertiary/aromatic N) is 6. The van der Waals surface area contributed by atoms with Crippen molar-refractivity contribution in [3.05, 3.63) is 41.1 Å². The molecule has 0 unspecified atom stereocenters. The molecule has 1 amide bonds. The average molecular weight is 366 g/mol. The highest BCUT2D eigenvalue weighted by atomic mass is 16.3. The minimum atomic E-state index is 0.00670. The Balaban J connectivity index is 1.30. The van der Waals surface area contributed by atoms with Crippen LogP contribution in [0.2, 0.25) is 0 Å². The van der Waals surface area contributed by atoms with Crippen LogP contribution < -0.4 is 4.90 Å². The smallest absolute Gasteiger partial charge is 0.257 e. The molecule has 8 heteroatoms. The molecule has 2 aliphatic rings. The van der Waals surface area contributed by atoms with Crippen LogP contribution in [0.3, 0.4) is 0 Å². The summed E-state index contributed by atoms with van der Waals surface area (Å²) in [5, 5.41) is 13.2. The lowest BCUT2D eigenvalue weighted by atomic mass is 10.1. The van der Waals surface area contributed by atoms with E-state index in [-0.39, 0.29) is 11.9 Å². The molecule has 1 saturated carbocycles. The molecular formula is C19H22N6O2. The molecule has 0 aromatic carbocycles. The van der Waals surface area contributed by atoms with Gasteiger partial charge < -0.3 is 14.2 Å². The molecule has 1 aliphatic heterocycles. The first kappa shape index (κ1) is 16.3. The van der Waals surface area contributed by atoms with Crippen molar-refractivity contribution < 1.29 is 9.21 Å². The predicted octanol–water partition coefficient (Wildman–Crippen LogP) is 2.17. The van der Waals surface area contributed by atoms with Crippen molar-refractivity contribution in [2.45, 2.75) is 38.6 Å². The molecule has 0 atom stereocenters. The Morgan fingerprint density at radius 3 is 2.67 bits per heavy atom. The van der Waals surface area contributed by atoms with Gasteiger partial charge in [-0.25, -0.2) is 0 Å². The van der Waals surface area contributed by atoms with Crippen molar-refractivity contribution in [2.75, 3.05) is 25.0 Å². The SMILES string of the molecule is Cc1cc(C(=O)N(C)C2CN(c3ccc4nnc(C5CC5)n4n3)C2)c(C)o1. The van der Waals surface area contributed by atoms with Crippen molar-refractivity contribution in [1.29, 1.82) is 0 Å². The number of hydrogen-bond acceptors (Lipinski definition) is 6. The van der Waals surface area contributed by atoms with E-state index >= 15 is 0 Å². The Labute approximate surface area is 156 Å². The van der Waals surface area contributed by atoms with E-state index in [1.54, 1.807) is 4.90 Å². The lowest BCUT2D eigenvalue weighted by Gasteiger charge is -2.44. The largest absolute Gasteiger partial charge is 0.466 e. The van der Waals surface area contributed by atoms with Gasteiger partial charge in [0.1, 0.15) is 17.3 Å². The second-order valence-electron chi connectivity index (χ2n) is 7.60. The predicted molar refractivity (Wildman–Crippen MR) is 99.0 cm³/mol. The van der Waals surface area contributed by atoms with E-state index in [1.165, 1.54) is 0 Å². The Kier molecular flexibility index (Phi) is 3.50. The van der Waals surface area contributed by atoms with Gasteiger partial charge in [-0.05, 0) is 44.9 Å². The average Bonchev–Trinajstić information content (AvgIpc) is 3.27. The number of carbonyl (C=O) groups excluding carboxylic acids is 1. The normalized spacial score (nSPS) is 17.4. The summed E-state index contributed by atoms with van der Waals surface area (Å²) in [6, 6.07) is 5.91. The summed E-state index contributed by atoms with van der Waals surface area (Å²) in [4.78, 5) is 16.7. The second-order valence-corrected chi connectivity index (χ2v) is 7.60. The lowest BCUT2D eigenvalue weighted by Crippen LogP contribution is -2.60. The first-order chi connectivity index (χ1) is 13.0. The molecule has 1 saturated heterocycles. The number of likely N-dealkylation sites (N-methyl/N-ethyl adjacent to an activating group) is 1. The molecule has 0 spiro atoms. The molecule has 1 aliphatic carbocycles. The quantitative estimate of drug-likeness (QED) is 0.704. The fourth-order valence-corrected chi connectivity index (χ4v) is 3.65. The fraction of sp³-hybridized carbons (Fsp3) is 0.474. The van der Waals surface area contributed by atoms with E-state index in [4.69, 9.17) is 9.52 Å². The van der Waals surface area contributed by atoms with Crippen LogP contribution in [0.25, 0.3) is 5.65 Å². The van der Waals surface area contributed by atoms with Crippen LogP contribution in [-0.4, -0.2) is 56.8 Å². The van der Waals surface area contributed by atoms with Crippen LogP contribution in [0.5, 0.6) is 0 Å². The summed E-state index contributed by atoms with van der Waals surface area (Å²) in [5.74, 6) is 3.80. The third kappa shape index (κ3) is 2.67. The summed E-state index contributed by atoms with van der Waals surface area (Å²) in [5.41, 5.74) is 1.43. The Morgan fingerprint density at radius 1 is 1.22 bits per heavy atom. The van der Waals surface area contributed by atoms with Crippen LogP contribution in [0.1, 0.15) is 46.5 Å². The van der Waals surface area contributed by atoms with Crippen molar-refractivity contribution in [1.82, 2.24) is 24.7 Å². The number of hydrogen-bond donors (Lipinski definition) is 0. The summed E-state index contributed by atoms with van der Waals surface area (Å²) < 4.78 is 7.36. The van der Waals surface area contributed by atoms with Crippen molar-refractivity contribution in [3.63, 3.8) is 0 Å². The minimum Gasteiger partial charge on any atom is -0.466 e. The van der Waals surface area contributed by atoms with Gasteiger partial charge in [0.2, 0.25) is 0 Å². The van der Waals surface area contributed by atoms with Crippen LogP contribution in [-0.2, 0) is 0 Å². The number of fused-ring (bicyclic) bond motifs is 1. The lowest BCUT2D eigenvalue weighted by molar-refractivity contribution is 0.0703. The zero-order chi connectivity index (χ0) is 18.7. The van der Waals surface area contributed by atoms with Gasteiger partial charge in [-0.3, -0.25) is 4.79 Å². The monoisotopic (exact) mass is 366 g/mol. The molecule has 0 radical (unpaired) electrons. The number of anilines is 1. The summed E-state index contributed by atoms with van der Waals surface area (Å²) >= 11 is 0. The third-order valence-electron chi connectivity index (χ3n) is 5.54. The van der Waals surface area contributed by atoms with Crippen LogP contribution >= 0.6 is 0 Å². The molecule has 3 aromatic rings. The number of amides is 1.